The summed E-state index contributed by atoms with van der Waals surface area (Å²) in [4.78, 5) is 74.7. The molecule has 16 nitrogen and oxygen atoms in total. The van der Waals surface area contributed by atoms with Gasteiger partial charge in [0, 0.05) is 23.9 Å². The standard InChI is InChI=1S/C46H46N8O8S2/c1-59-37-27-21-33(29-23-47-41(49-29)31-17-11-19-53(31)43(55)35(51-45(57)61-3)25-13-7-5-8-14-25)64-40(27)38(60-2)28-22-34(63-39(28)37)30-24-48-42(50-30)32-18-12-20-54(32)44(56)36(52-46(58)62-4)26-15-9-6-10-16-26/h5-10,13-16,21-24,31-32,35-36H,11-12,17-20H2,1-4H3,(H,47,49)(H,48,50)(H,51,57)(H,52,58)/t31-,32-,35?,36?/m0/s1. The Morgan fingerprint density at radius 2 is 1.05 bits per heavy atom. The first-order valence-corrected chi connectivity index (χ1v) is 22.5. The van der Waals surface area contributed by atoms with Gasteiger partial charge in [-0.2, -0.15) is 0 Å². The summed E-state index contributed by atoms with van der Waals surface area (Å²) >= 11 is 3.10. The number of rotatable bonds is 12. The summed E-state index contributed by atoms with van der Waals surface area (Å²) in [5.41, 5.74) is 2.90. The van der Waals surface area contributed by atoms with Crippen molar-refractivity contribution in [3.05, 3.63) is 108 Å². The van der Waals surface area contributed by atoms with E-state index in [9.17, 15) is 19.2 Å². The number of benzene rings is 3. The predicted octanol–water partition coefficient (Wildman–Crippen LogP) is 8.44. The molecule has 0 aliphatic carbocycles. The molecule has 0 saturated carbocycles. The second-order valence-corrected chi connectivity index (χ2v) is 17.6. The van der Waals surface area contributed by atoms with Crippen molar-refractivity contribution in [2.75, 3.05) is 41.5 Å². The number of nitrogens with one attached hydrogen (secondary N) is 4. The first-order valence-electron chi connectivity index (χ1n) is 20.8. The maximum Gasteiger partial charge on any atom is 0.407 e. The fraction of sp³-hybridized carbons (Fsp3) is 0.304. The van der Waals surface area contributed by atoms with Crippen molar-refractivity contribution in [1.29, 1.82) is 0 Å². The van der Waals surface area contributed by atoms with Crippen LogP contribution in [0.5, 0.6) is 11.5 Å². The van der Waals surface area contributed by atoms with E-state index in [-0.39, 0.29) is 23.9 Å². The van der Waals surface area contributed by atoms with Gasteiger partial charge in [-0.05, 0) is 48.9 Å². The van der Waals surface area contributed by atoms with Crippen LogP contribution < -0.4 is 20.1 Å². The second-order valence-electron chi connectivity index (χ2n) is 15.5. The SMILES string of the molecule is COC(=O)NC(C(=O)N1CCC[C@H]1c1ncc(-c2cc3c(OC)c4sc(-c5cnc([C@@H]6CCCN6C(=O)C(NC(=O)OC)c6ccccc6)[nH]5)cc4c(OC)c3s2)[nH]1)c1ccccc1. The van der Waals surface area contributed by atoms with Crippen molar-refractivity contribution in [2.24, 2.45) is 0 Å². The van der Waals surface area contributed by atoms with Crippen LogP contribution in [0.2, 0.25) is 0 Å². The van der Waals surface area contributed by atoms with Gasteiger partial charge < -0.3 is 49.3 Å². The third-order valence-electron chi connectivity index (χ3n) is 11.9. The summed E-state index contributed by atoms with van der Waals surface area (Å²) < 4.78 is 23.8. The number of methoxy groups -OCH3 is 4. The topological polar surface area (TPSA) is 193 Å². The summed E-state index contributed by atoms with van der Waals surface area (Å²) in [6.07, 6.45) is 5.19. The highest BCUT2D eigenvalue weighted by atomic mass is 32.1. The number of nitrogens with zero attached hydrogens (tertiary/aromatic N) is 4. The Morgan fingerprint density at radius 1 is 0.641 bits per heavy atom. The number of hydrogen-bond donors (Lipinski definition) is 4. The van der Waals surface area contributed by atoms with Gasteiger partial charge in [-0.15, -0.1) is 22.7 Å². The number of ether oxygens (including phenoxy) is 4. The van der Waals surface area contributed by atoms with E-state index in [1.807, 2.05) is 60.7 Å². The number of imidazole rings is 2. The molecule has 330 valence electrons. The van der Waals surface area contributed by atoms with Crippen LogP contribution in [0.3, 0.4) is 0 Å². The zero-order valence-corrected chi connectivity index (χ0v) is 37.1. The molecular weight excluding hydrogens is 857 g/mol. The Labute approximate surface area is 375 Å². The molecule has 0 radical (unpaired) electrons. The Morgan fingerprint density at radius 3 is 1.42 bits per heavy atom. The third kappa shape index (κ3) is 7.87. The number of alkyl carbamates (subject to hydrolysis) is 2. The molecule has 2 aliphatic heterocycles. The van der Waals surface area contributed by atoms with Gasteiger partial charge in [0.15, 0.2) is 0 Å². The minimum absolute atomic E-state index is 0.239. The number of aromatic amines is 2. The first-order chi connectivity index (χ1) is 31.2. The molecule has 4 amide bonds. The highest BCUT2D eigenvalue weighted by molar-refractivity contribution is 7.24. The van der Waals surface area contributed by atoms with Crippen LogP contribution >= 0.6 is 22.7 Å². The number of carbonyl (C=O) groups excluding carboxylic acids is 4. The van der Waals surface area contributed by atoms with Crippen LogP contribution in [-0.4, -0.2) is 95.3 Å². The number of hydrogen-bond acceptors (Lipinski definition) is 12. The lowest BCUT2D eigenvalue weighted by Crippen LogP contribution is -2.42. The third-order valence-corrected chi connectivity index (χ3v) is 14.2. The van der Waals surface area contributed by atoms with Crippen molar-refractivity contribution < 1.29 is 38.1 Å². The van der Waals surface area contributed by atoms with E-state index in [0.29, 0.717) is 60.2 Å². The van der Waals surface area contributed by atoms with E-state index >= 15 is 0 Å². The molecule has 0 bridgehead atoms. The number of H-pyrrole nitrogens is 2. The fourth-order valence-electron chi connectivity index (χ4n) is 8.82. The molecule has 4 N–H and O–H groups in total. The van der Waals surface area contributed by atoms with Gasteiger partial charge in [0.25, 0.3) is 11.8 Å². The minimum atomic E-state index is -0.916. The van der Waals surface area contributed by atoms with Gasteiger partial charge in [-0.1, -0.05) is 60.7 Å². The van der Waals surface area contributed by atoms with Crippen LogP contribution in [0, 0.1) is 0 Å². The Bertz CT molecular complexity index is 2590. The number of amides is 4. The fourth-order valence-corrected chi connectivity index (χ4v) is 11.1. The van der Waals surface area contributed by atoms with Crippen LogP contribution in [0.15, 0.2) is 85.2 Å². The molecule has 4 aromatic heterocycles. The van der Waals surface area contributed by atoms with Gasteiger partial charge >= 0.3 is 12.2 Å². The molecule has 18 heteroatoms. The Balaban J connectivity index is 0.983. The molecule has 0 spiro atoms. The van der Waals surface area contributed by atoms with Gasteiger partial charge in [0.05, 0.1) is 83.5 Å². The number of likely N-dealkylation sites (tertiary alicyclic amines) is 2. The quantitative estimate of drug-likeness (QED) is 0.0925. The number of fused-ring (bicyclic) bond motifs is 2. The smallest absolute Gasteiger partial charge is 0.407 e. The van der Waals surface area contributed by atoms with Crippen molar-refractivity contribution in [1.82, 2.24) is 40.4 Å². The molecule has 7 aromatic rings. The zero-order valence-electron chi connectivity index (χ0n) is 35.5. The van der Waals surface area contributed by atoms with Crippen LogP contribution in [-0.2, 0) is 19.1 Å². The minimum Gasteiger partial charge on any atom is -0.495 e. The van der Waals surface area contributed by atoms with E-state index in [0.717, 1.165) is 54.2 Å². The van der Waals surface area contributed by atoms with Crippen LogP contribution in [0.25, 0.3) is 41.3 Å². The van der Waals surface area contributed by atoms with Crippen molar-refractivity contribution in [2.45, 2.75) is 49.9 Å². The number of carbonyl (C=O) groups is 4. The average Bonchev–Trinajstić information content (AvgIpc) is 4.18. The second kappa shape index (κ2) is 18.1. The molecule has 2 fully saturated rings. The van der Waals surface area contributed by atoms with E-state index in [1.165, 1.54) is 14.2 Å². The lowest BCUT2D eigenvalue weighted by molar-refractivity contribution is -0.135. The van der Waals surface area contributed by atoms with E-state index in [1.54, 1.807) is 59.1 Å². The van der Waals surface area contributed by atoms with Crippen molar-refractivity contribution in [3.8, 4) is 32.6 Å². The van der Waals surface area contributed by atoms with Crippen molar-refractivity contribution >= 4 is 66.8 Å². The lowest BCUT2D eigenvalue weighted by atomic mass is 10.1. The molecule has 3 aromatic carbocycles. The predicted molar refractivity (Wildman–Crippen MR) is 242 cm³/mol. The molecular formula is C46H46N8O8S2. The summed E-state index contributed by atoms with van der Waals surface area (Å²) in [5.74, 6) is 2.25. The molecule has 4 atom stereocenters. The highest BCUT2D eigenvalue weighted by Crippen LogP contribution is 2.52. The molecule has 2 unspecified atom stereocenters. The lowest BCUT2D eigenvalue weighted by Gasteiger charge is -2.28. The number of aromatic nitrogens is 4. The van der Waals surface area contributed by atoms with Gasteiger partial charge in [0.2, 0.25) is 0 Å². The van der Waals surface area contributed by atoms with Gasteiger partial charge in [0.1, 0.15) is 35.2 Å². The van der Waals surface area contributed by atoms with Gasteiger partial charge in [-0.25, -0.2) is 19.6 Å². The summed E-state index contributed by atoms with van der Waals surface area (Å²) in [5, 5.41) is 7.20. The van der Waals surface area contributed by atoms with E-state index in [2.05, 4.69) is 32.7 Å². The molecule has 64 heavy (non-hydrogen) atoms. The van der Waals surface area contributed by atoms with E-state index in [4.69, 9.17) is 28.9 Å². The van der Waals surface area contributed by atoms with Gasteiger partial charge in [-0.3, -0.25) is 9.59 Å². The number of thiophene rings is 2. The summed E-state index contributed by atoms with van der Waals surface area (Å²) in [7, 11) is 5.87. The Kier molecular flexibility index (Phi) is 12.0. The maximum atomic E-state index is 14.1. The summed E-state index contributed by atoms with van der Waals surface area (Å²) in [6.45, 7) is 1.04. The average molecular weight is 903 g/mol. The van der Waals surface area contributed by atoms with Crippen molar-refractivity contribution in [3.63, 3.8) is 0 Å². The zero-order chi connectivity index (χ0) is 44.5. The highest BCUT2D eigenvalue weighted by Gasteiger charge is 2.39. The monoisotopic (exact) mass is 902 g/mol. The van der Waals surface area contributed by atoms with Crippen LogP contribution in [0.1, 0.15) is 72.6 Å². The molecule has 6 heterocycles. The summed E-state index contributed by atoms with van der Waals surface area (Å²) in [6, 6.07) is 19.9. The largest absolute Gasteiger partial charge is 0.495 e. The molecule has 2 saturated heterocycles. The molecule has 9 rings (SSSR count). The molecule has 2 aliphatic rings. The normalized spacial score (nSPS) is 17.1. The maximum absolute atomic E-state index is 14.1. The Hall–Kier alpha value is -6.92. The van der Waals surface area contributed by atoms with Crippen LogP contribution in [0.4, 0.5) is 9.59 Å². The first kappa shape index (κ1) is 42.4. The van der Waals surface area contributed by atoms with E-state index < -0.39 is 24.3 Å².